The van der Waals surface area contributed by atoms with Crippen molar-refractivity contribution in [2.45, 2.75) is 62.4 Å². The lowest BCUT2D eigenvalue weighted by Crippen LogP contribution is -2.58. The van der Waals surface area contributed by atoms with E-state index >= 15 is 0 Å². The van der Waals surface area contributed by atoms with E-state index in [-0.39, 0.29) is 6.61 Å². The third kappa shape index (κ3) is 4.24. The first-order valence-electron chi connectivity index (χ1n) is 11.8. The molecule has 4 heterocycles. The Morgan fingerprint density at radius 1 is 1.22 bits per heavy atom. The first-order chi connectivity index (χ1) is 17.5. The second kappa shape index (κ2) is 9.44. The van der Waals surface area contributed by atoms with E-state index in [1.54, 1.807) is 23.9 Å². The summed E-state index contributed by atoms with van der Waals surface area (Å²) in [5.41, 5.74) is 11.7. The number of aliphatic hydroxyl groups excluding tert-OH is 1. The van der Waals surface area contributed by atoms with E-state index in [1.807, 2.05) is 30.3 Å². The zero-order valence-electron chi connectivity index (χ0n) is 19.4. The number of nitrogens with zero attached hydrogens (tertiary/aromatic N) is 7. The average molecular weight is 510 g/mol. The number of halogens is 1. The topological polar surface area (TPSA) is 140 Å². The molecule has 0 spiro atoms. The van der Waals surface area contributed by atoms with Gasteiger partial charge in [-0.3, -0.25) is 4.98 Å². The maximum Gasteiger partial charge on any atom is 0.184 e. The van der Waals surface area contributed by atoms with Crippen LogP contribution in [0.1, 0.15) is 54.1 Å². The van der Waals surface area contributed by atoms with Crippen molar-refractivity contribution in [1.82, 2.24) is 19.7 Å². The molecule has 6 rings (SSSR count). The lowest BCUT2D eigenvalue weighted by molar-refractivity contribution is -0.309. The van der Waals surface area contributed by atoms with Crippen molar-refractivity contribution in [3.05, 3.63) is 81.0 Å². The fraction of sp³-hybridized carbons (Fsp3) is 0.458. The third-order valence-electron chi connectivity index (χ3n) is 6.68. The molecule has 186 valence electrons. The van der Waals surface area contributed by atoms with Crippen LogP contribution in [0.5, 0.6) is 0 Å². The van der Waals surface area contributed by atoms with Gasteiger partial charge in [0, 0.05) is 22.6 Å². The lowest BCUT2D eigenvalue weighted by atomic mass is 9.91. The van der Waals surface area contributed by atoms with Crippen LogP contribution in [0.2, 0.25) is 5.02 Å². The standard InChI is InChI=1S/C24H24ClN7O4/c1-12-28-23(32(30-12)16-9-15(25)10-27-18(16)13-7-8-13)22-20(33)19(29-31-26)21-17(35-22)11-34-24(36-21)14-5-3-2-4-6-14/h2-6,9-10,13,17,19-22,24,33H,7-8,11H2,1H3/t17?,19?,20?,21-,22+,24?/m0/s1. The van der Waals surface area contributed by atoms with Crippen molar-refractivity contribution in [3.63, 3.8) is 0 Å². The zero-order chi connectivity index (χ0) is 24.8. The summed E-state index contributed by atoms with van der Waals surface area (Å²) in [7, 11) is 0. The van der Waals surface area contributed by atoms with Gasteiger partial charge in [0.25, 0.3) is 0 Å². The lowest BCUT2D eigenvalue weighted by Gasteiger charge is -2.46. The van der Waals surface area contributed by atoms with Gasteiger partial charge in [-0.25, -0.2) is 9.67 Å². The quantitative estimate of drug-likeness (QED) is 0.310. The Labute approximate surface area is 211 Å². The Balaban J connectivity index is 1.35. The predicted molar refractivity (Wildman–Crippen MR) is 127 cm³/mol. The van der Waals surface area contributed by atoms with Crippen LogP contribution in [0.25, 0.3) is 16.1 Å². The number of benzene rings is 1. The van der Waals surface area contributed by atoms with E-state index < -0.39 is 36.7 Å². The van der Waals surface area contributed by atoms with Crippen molar-refractivity contribution in [1.29, 1.82) is 0 Å². The summed E-state index contributed by atoms with van der Waals surface area (Å²) >= 11 is 6.29. The predicted octanol–water partition coefficient (Wildman–Crippen LogP) is 4.10. The Morgan fingerprint density at radius 2 is 2.03 bits per heavy atom. The first-order valence-corrected chi connectivity index (χ1v) is 12.2. The molecule has 1 saturated carbocycles. The number of pyridine rings is 1. The Morgan fingerprint density at radius 3 is 2.78 bits per heavy atom. The highest BCUT2D eigenvalue weighted by Gasteiger charge is 2.51. The molecule has 0 amide bonds. The van der Waals surface area contributed by atoms with E-state index in [0.29, 0.717) is 28.3 Å². The monoisotopic (exact) mass is 509 g/mol. The van der Waals surface area contributed by atoms with Crippen molar-refractivity contribution >= 4 is 11.6 Å². The molecule has 3 aromatic rings. The van der Waals surface area contributed by atoms with Crippen LogP contribution in [0.15, 0.2) is 47.7 Å². The molecule has 3 aliphatic rings. The second-order valence-electron chi connectivity index (χ2n) is 9.22. The molecule has 11 nitrogen and oxygen atoms in total. The van der Waals surface area contributed by atoms with Crippen LogP contribution in [0.3, 0.4) is 0 Å². The van der Waals surface area contributed by atoms with Crippen LogP contribution in [-0.2, 0) is 14.2 Å². The van der Waals surface area contributed by atoms with Gasteiger partial charge >= 0.3 is 0 Å². The maximum absolute atomic E-state index is 11.4. The van der Waals surface area contributed by atoms with Gasteiger partial charge in [-0.2, -0.15) is 5.10 Å². The summed E-state index contributed by atoms with van der Waals surface area (Å²) in [6.45, 7) is 1.94. The summed E-state index contributed by atoms with van der Waals surface area (Å²) in [6.07, 6.45) is -0.472. The number of fused-ring (bicyclic) bond motifs is 1. The Kier molecular flexibility index (Phi) is 6.12. The maximum atomic E-state index is 11.4. The van der Waals surface area contributed by atoms with Crippen molar-refractivity contribution in [3.8, 4) is 5.69 Å². The van der Waals surface area contributed by atoms with Crippen molar-refractivity contribution in [2.24, 2.45) is 5.11 Å². The minimum Gasteiger partial charge on any atom is -0.389 e. The summed E-state index contributed by atoms with van der Waals surface area (Å²) in [5, 5.41) is 20.4. The number of aliphatic hydroxyl groups is 1. The Hall–Kier alpha value is -3.05. The number of ether oxygens (including phenoxy) is 3. The van der Waals surface area contributed by atoms with E-state index in [4.69, 9.17) is 25.8 Å². The Bertz CT molecular complexity index is 1310. The molecule has 3 fully saturated rings. The van der Waals surface area contributed by atoms with Gasteiger partial charge in [0.05, 0.1) is 35.2 Å². The highest BCUT2D eigenvalue weighted by Crippen LogP contribution is 2.44. The van der Waals surface area contributed by atoms with Gasteiger partial charge < -0.3 is 19.3 Å². The summed E-state index contributed by atoms with van der Waals surface area (Å²) < 4.78 is 20.0. The van der Waals surface area contributed by atoms with Gasteiger partial charge in [-0.05, 0) is 31.4 Å². The molecule has 2 aromatic heterocycles. The van der Waals surface area contributed by atoms with Crippen LogP contribution in [-0.4, -0.2) is 55.8 Å². The van der Waals surface area contributed by atoms with Crippen LogP contribution >= 0.6 is 11.6 Å². The largest absolute Gasteiger partial charge is 0.389 e. The van der Waals surface area contributed by atoms with Crippen LogP contribution in [0, 0.1) is 6.92 Å². The minimum absolute atomic E-state index is 0.185. The molecular weight excluding hydrogens is 486 g/mol. The smallest absolute Gasteiger partial charge is 0.184 e. The molecule has 1 N–H and O–H groups in total. The molecule has 36 heavy (non-hydrogen) atoms. The SMILES string of the molecule is Cc1nc([C@@H]2OC3COC(c4ccccc4)O[C@@H]3C(N=[N+]=[N-])C2O)n(-c2cc(Cl)cnc2C2CC2)n1. The average Bonchev–Trinajstić information content (AvgIpc) is 3.66. The summed E-state index contributed by atoms with van der Waals surface area (Å²) in [6, 6.07) is 10.3. The fourth-order valence-electron chi connectivity index (χ4n) is 4.87. The second-order valence-corrected chi connectivity index (χ2v) is 9.66. The first kappa shape index (κ1) is 23.4. The minimum atomic E-state index is -1.24. The molecule has 1 aromatic carbocycles. The molecule has 12 heteroatoms. The number of aryl methyl sites for hydroxylation is 1. The molecule has 6 atom stereocenters. The van der Waals surface area contributed by atoms with Gasteiger partial charge in [0.1, 0.15) is 24.1 Å². The molecule has 4 unspecified atom stereocenters. The number of hydrogen-bond acceptors (Lipinski definition) is 8. The van der Waals surface area contributed by atoms with Gasteiger partial charge in [-0.1, -0.05) is 47.0 Å². The van der Waals surface area contributed by atoms with Crippen molar-refractivity contribution in [2.75, 3.05) is 6.61 Å². The number of rotatable bonds is 5. The third-order valence-corrected chi connectivity index (χ3v) is 6.89. The van der Waals surface area contributed by atoms with Crippen LogP contribution < -0.4 is 0 Å². The number of hydrogen-bond donors (Lipinski definition) is 1. The molecular formula is C24H24ClN7O4. The van der Waals surface area contributed by atoms with Crippen molar-refractivity contribution < 1.29 is 19.3 Å². The zero-order valence-corrected chi connectivity index (χ0v) is 20.1. The van der Waals surface area contributed by atoms with E-state index in [2.05, 4.69) is 25.1 Å². The number of azide groups is 1. The molecule has 0 bridgehead atoms. The van der Waals surface area contributed by atoms with Gasteiger partial charge in [0.15, 0.2) is 12.1 Å². The highest BCUT2D eigenvalue weighted by molar-refractivity contribution is 6.30. The summed E-state index contributed by atoms with van der Waals surface area (Å²) in [4.78, 5) is 12.1. The van der Waals surface area contributed by atoms with E-state index in [9.17, 15) is 10.6 Å². The van der Waals surface area contributed by atoms with Crippen LogP contribution in [0.4, 0.5) is 0 Å². The molecule has 2 saturated heterocycles. The van der Waals surface area contributed by atoms with E-state index in [1.165, 1.54) is 0 Å². The molecule has 2 aliphatic heterocycles. The molecule has 1 aliphatic carbocycles. The highest BCUT2D eigenvalue weighted by atomic mass is 35.5. The normalized spacial score (nSPS) is 29.9. The molecule has 0 radical (unpaired) electrons. The summed E-state index contributed by atoms with van der Waals surface area (Å²) in [5.74, 6) is 1.18. The van der Waals surface area contributed by atoms with Gasteiger partial charge in [0.2, 0.25) is 0 Å². The van der Waals surface area contributed by atoms with Gasteiger partial charge in [-0.15, -0.1) is 0 Å². The van der Waals surface area contributed by atoms with E-state index in [0.717, 1.165) is 24.1 Å². The fourth-order valence-corrected chi connectivity index (χ4v) is 5.02. The number of aromatic nitrogens is 4.